The standard InChI is InChI=1S/C22H21FN2/c1-21(2)15-11-17-18(12-16(15)22(3,4)20(21)23)25-10-9-13-7-5-6-8-14(13)19(25)24-17/h5-12,20H,1-4H3. The Morgan fingerprint density at radius 2 is 1.64 bits per heavy atom. The van der Waals surface area contributed by atoms with Gasteiger partial charge in [0.2, 0.25) is 0 Å². The van der Waals surface area contributed by atoms with Crippen molar-refractivity contribution in [3.8, 4) is 0 Å². The smallest absolute Gasteiger partial charge is 0.145 e. The van der Waals surface area contributed by atoms with Crippen molar-refractivity contribution in [3.63, 3.8) is 0 Å². The van der Waals surface area contributed by atoms with E-state index in [1.165, 1.54) is 5.39 Å². The lowest BCUT2D eigenvalue weighted by Crippen LogP contribution is -2.35. The van der Waals surface area contributed by atoms with E-state index in [4.69, 9.17) is 4.98 Å². The summed E-state index contributed by atoms with van der Waals surface area (Å²) in [7, 11) is 0. The first-order chi connectivity index (χ1) is 11.8. The van der Waals surface area contributed by atoms with Crippen LogP contribution in [0.15, 0.2) is 48.7 Å². The van der Waals surface area contributed by atoms with Crippen molar-refractivity contribution < 1.29 is 4.39 Å². The van der Waals surface area contributed by atoms with Gasteiger partial charge in [0.1, 0.15) is 11.8 Å². The van der Waals surface area contributed by atoms with Crippen molar-refractivity contribution in [2.45, 2.75) is 44.7 Å². The molecular weight excluding hydrogens is 311 g/mol. The molecule has 2 aromatic carbocycles. The van der Waals surface area contributed by atoms with Crippen LogP contribution < -0.4 is 0 Å². The van der Waals surface area contributed by atoms with E-state index >= 15 is 4.39 Å². The van der Waals surface area contributed by atoms with Gasteiger partial charge in [-0.15, -0.1) is 0 Å². The largest absolute Gasteiger partial charge is 0.299 e. The second kappa shape index (κ2) is 4.40. The fraction of sp³-hybridized carbons (Fsp3) is 0.318. The van der Waals surface area contributed by atoms with Crippen LogP contribution in [-0.2, 0) is 10.8 Å². The molecule has 0 spiro atoms. The summed E-state index contributed by atoms with van der Waals surface area (Å²) in [6.45, 7) is 8.02. The molecule has 0 amide bonds. The van der Waals surface area contributed by atoms with E-state index in [-0.39, 0.29) is 0 Å². The Hall–Kier alpha value is -2.42. The summed E-state index contributed by atoms with van der Waals surface area (Å²) in [5, 5.41) is 2.32. The average Bonchev–Trinajstić information content (AvgIpc) is 3.03. The molecule has 1 unspecified atom stereocenters. The molecule has 2 nitrogen and oxygen atoms in total. The van der Waals surface area contributed by atoms with Gasteiger partial charge >= 0.3 is 0 Å². The van der Waals surface area contributed by atoms with E-state index in [9.17, 15) is 0 Å². The van der Waals surface area contributed by atoms with Gasteiger partial charge in [0, 0.05) is 22.4 Å². The molecule has 0 bridgehead atoms. The number of imidazole rings is 1. The molecule has 1 aliphatic carbocycles. The fourth-order valence-corrected chi connectivity index (χ4v) is 4.72. The zero-order valence-corrected chi connectivity index (χ0v) is 15.0. The van der Waals surface area contributed by atoms with Crippen molar-refractivity contribution >= 4 is 27.5 Å². The number of halogens is 1. The molecule has 1 aliphatic rings. The summed E-state index contributed by atoms with van der Waals surface area (Å²) in [5.41, 5.74) is 4.16. The highest BCUT2D eigenvalue weighted by molar-refractivity contribution is 5.98. The number of hydrogen-bond donors (Lipinski definition) is 0. The molecular formula is C22H21FN2. The van der Waals surface area contributed by atoms with Crippen LogP contribution in [0, 0.1) is 0 Å². The predicted molar refractivity (Wildman–Crippen MR) is 101 cm³/mol. The summed E-state index contributed by atoms with van der Waals surface area (Å²) in [4.78, 5) is 4.90. The second-order valence-electron chi connectivity index (χ2n) is 8.40. The normalized spacial score (nSPS) is 21.2. The minimum absolute atomic E-state index is 0.492. The minimum Gasteiger partial charge on any atom is -0.299 e. The molecule has 4 aromatic rings. The maximum absolute atomic E-state index is 15.1. The quantitative estimate of drug-likeness (QED) is 0.413. The SMILES string of the molecule is CC1(C)c2cc3nc4c5ccccc5ccn4c3cc2C(C)(C)C1F. The third-order valence-corrected chi connectivity index (χ3v) is 6.09. The van der Waals surface area contributed by atoms with Crippen molar-refractivity contribution in [2.75, 3.05) is 0 Å². The average molecular weight is 332 g/mol. The number of alkyl halides is 1. The Morgan fingerprint density at radius 1 is 0.960 bits per heavy atom. The van der Waals surface area contributed by atoms with Crippen LogP contribution in [0.25, 0.3) is 27.5 Å². The number of hydrogen-bond acceptors (Lipinski definition) is 1. The Bertz CT molecular complexity index is 1170. The van der Waals surface area contributed by atoms with Gasteiger partial charge in [-0.05, 0) is 34.7 Å². The lowest BCUT2D eigenvalue weighted by Gasteiger charge is -2.28. The van der Waals surface area contributed by atoms with Crippen LogP contribution >= 0.6 is 0 Å². The molecule has 25 heavy (non-hydrogen) atoms. The molecule has 3 heteroatoms. The molecule has 2 aromatic heterocycles. The zero-order valence-electron chi connectivity index (χ0n) is 15.0. The summed E-state index contributed by atoms with van der Waals surface area (Å²) in [5.74, 6) is 0. The number of aromatic nitrogens is 2. The van der Waals surface area contributed by atoms with E-state index in [1.807, 2.05) is 39.8 Å². The van der Waals surface area contributed by atoms with Crippen LogP contribution in [0.1, 0.15) is 38.8 Å². The number of rotatable bonds is 0. The fourth-order valence-electron chi connectivity index (χ4n) is 4.72. The monoisotopic (exact) mass is 332 g/mol. The molecule has 0 radical (unpaired) electrons. The Kier molecular flexibility index (Phi) is 2.62. The molecule has 0 saturated heterocycles. The van der Waals surface area contributed by atoms with Gasteiger partial charge in [0.15, 0.2) is 0 Å². The molecule has 0 saturated carbocycles. The first-order valence-electron chi connectivity index (χ1n) is 8.80. The highest BCUT2D eigenvalue weighted by Crippen LogP contribution is 2.52. The number of pyridine rings is 1. The van der Waals surface area contributed by atoms with Crippen LogP contribution in [0.3, 0.4) is 0 Å². The van der Waals surface area contributed by atoms with Crippen molar-refractivity contribution in [3.05, 3.63) is 59.8 Å². The first kappa shape index (κ1) is 14.9. The van der Waals surface area contributed by atoms with Crippen LogP contribution in [0.2, 0.25) is 0 Å². The second-order valence-corrected chi connectivity index (χ2v) is 8.40. The third-order valence-electron chi connectivity index (χ3n) is 6.09. The highest BCUT2D eigenvalue weighted by Gasteiger charge is 2.52. The maximum atomic E-state index is 15.1. The predicted octanol–water partition coefficient (Wildman–Crippen LogP) is 5.55. The van der Waals surface area contributed by atoms with Gasteiger partial charge in [-0.3, -0.25) is 4.40 Å². The van der Waals surface area contributed by atoms with Gasteiger partial charge in [-0.2, -0.15) is 0 Å². The van der Waals surface area contributed by atoms with E-state index < -0.39 is 17.0 Å². The Morgan fingerprint density at radius 3 is 2.40 bits per heavy atom. The number of fused-ring (bicyclic) bond motifs is 6. The van der Waals surface area contributed by atoms with Crippen molar-refractivity contribution in [2.24, 2.45) is 0 Å². The van der Waals surface area contributed by atoms with Gasteiger partial charge < -0.3 is 0 Å². The lowest BCUT2D eigenvalue weighted by molar-refractivity contribution is 0.158. The Balaban J connectivity index is 1.93. The molecule has 2 heterocycles. The van der Waals surface area contributed by atoms with Crippen LogP contribution in [-0.4, -0.2) is 15.6 Å². The summed E-state index contributed by atoms with van der Waals surface area (Å²) in [6.07, 6.45) is 1.16. The number of nitrogens with zero attached hydrogens (tertiary/aromatic N) is 2. The summed E-state index contributed by atoms with van der Waals surface area (Å²) < 4.78 is 17.3. The number of benzene rings is 2. The van der Waals surface area contributed by atoms with Crippen molar-refractivity contribution in [1.82, 2.24) is 9.38 Å². The molecule has 0 fully saturated rings. The minimum atomic E-state index is -0.904. The van der Waals surface area contributed by atoms with Gasteiger partial charge in [-0.1, -0.05) is 52.0 Å². The van der Waals surface area contributed by atoms with Gasteiger partial charge in [-0.25, -0.2) is 9.37 Å². The molecule has 1 atom stereocenters. The van der Waals surface area contributed by atoms with Crippen molar-refractivity contribution in [1.29, 1.82) is 0 Å². The highest BCUT2D eigenvalue weighted by atomic mass is 19.1. The lowest BCUT2D eigenvalue weighted by atomic mass is 9.79. The van der Waals surface area contributed by atoms with Gasteiger partial charge in [0.25, 0.3) is 0 Å². The van der Waals surface area contributed by atoms with E-state index in [0.29, 0.717) is 0 Å². The van der Waals surface area contributed by atoms with Crippen LogP contribution in [0.4, 0.5) is 4.39 Å². The topological polar surface area (TPSA) is 17.3 Å². The molecule has 126 valence electrons. The van der Waals surface area contributed by atoms with E-state index in [2.05, 4.69) is 40.9 Å². The Labute approximate surface area is 146 Å². The summed E-state index contributed by atoms with van der Waals surface area (Å²) >= 11 is 0. The molecule has 0 aliphatic heterocycles. The summed E-state index contributed by atoms with van der Waals surface area (Å²) in [6, 6.07) is 14.7. The first-order valence-corrected chi connectivity index (χ1v) is 8.80. The zero-order chi connectivity index (χ0) is 17.6. The van der Waals surface area contributed by atoms with E-state index in [0.717, 1.165) is 33.2 Å². The van der Waals surface area contributed by atoms with Crippen LogP contribution in [0.5, 0.6) is 0 Å². The third kappa shape index (κ3) is 1.71. The molecule has 5 rings (SSSR count). The molecule has 0 N–H and O–H groups in total. The van der Waals surface area contributed by atoms with Gasteiger partial charge in [0.05, 0.1) is 11.0 Å². The maximum Gasteiger partial charge on any atom is 0.145 e. The van der Waals surface area contributed by atoms with E-state index in [1.54, 1.807) is 0 Å².